The normalized spacial score (nSPS) is 21.0. The highest BCUT2D eigenvalue weighted by atomic mass is 32.1. The molecule has 0 spiro atoms. The summed E-state index contributed by atoms with van der Waals surface area (Å²) in [5.74, 6) is 0.341. The molecular formula is C17H28N4O2S. The van der Waals surface area contributed by atoms with E-state index in [4.69, 9.17) is 4.74 Å². The van der Waals surface area contributed by atoms with E-state index in [-0.39, 0.29) is 17.2 Å². The molecule has 7 heteroatoms. The third kappa shape index (κ3) is 4.25. The van der Waals surface area contributed by atoms with Crippen LogP contribution in [0.15, 0.2) is 0 Å². The van der Waals surface area contributed by atoms with E-state index in [9.17, 15) is 4.79 Å². The zero-order valence-corrected chi connectivity index (χ0v) is 15.7. The Bertz CT molecular complexity index is 555. The van der Waals surface area contributed by atoms with Gasteiger partial charge >= 0.3 is 0 Å². The molecular weight excluding hydrogens is 324 g/mol. The number of hydrogen-bond donors (Lipinski definition) is 1. The molecule has 0 radical (unpaired) electrons. The van der Waals surface area contributed by atoms with Crippen LogP contribution in [0, 0.1) is 5.92 Å². The molecule has 1 amide bonds. The zero-order chi connectivity index (χ0) is 17.2. The average molecular weight is 353 g/mol. The number of hydrogen-bond acceptors (Lipinski definition) is 6. The molecule has 3 heterocycles. The highest BCUT2D eigenvalue weighted by Gasteiger charge is 2.29. The summed E-state index contributed by atoms with van der Waals surface area (Å²) in [7, 11) is 0. The number of nitrogens with one attached hydrogen (secondary N) is 1. The number of amides is 1. The van der Waals surface area contributed by atoms with Gasteiger partial charge in [-0.1, -0.05) is 32.1 Å². The first kappa shape index (κ1) is 17.6. The van der Waals surface area contributed by atoms with Crippen molar-refractivity contribution in [3.63, 3.8) is 0 Å². The number of nitrogens with zero attached hydrogens (tertiary/aromatic N) is 3. The molecule has 0 aliphatic carbocycles. The van der Waals surface area contributed by atoms with Crippen molar-refractivity contribution in [3.8, 4) is 0 Å². The van der Waals surface area contributed by atoms with E-state index in [0.717, 1.165) is 62.1 Å². The van der Waals surface area contributed by atoms with Crippen LogP contribution in [0.25, 0.3) is 0 Å². The molecule has 0 aromatic carbocycles. The molecule has 0 unspecified atom stereocenters. The van der Waals surface area contributed by atoms with Gasteiger partial charge in [-0.05, 0) is 25.7 Å². The SMILES string of the molecule is CC(C)(C)c1nnc(N2CCC(C(=O)NC3CCOCC3)CC2)s1. The number of carbonyl (C=O) groups excluding carboxylic acids is 1. The first-order valence-corrected chi connectivity index (χ1v) is 9.72. The number of rotatable bonds is 3. The number of anilines is 1. The molecule has 1 aromatic rings. The van der Waals surface area contributed by atoms with Gasteiger partial charge in [0, 0.05) is 43.7 Å². The van der Waals surface area contributed by atoms with Crippen molar-refractivity contribution in [2.75, 3.05) is 31.2 Å². The molecule has 2 aliphatic heterocycles. The quantitative estimate of drug-likeness (QED) is 0.904. The first-order valence-electron chi connectivity index (χ1n) is 8.90. The van der Waals surface area contributed by atoms with Gasteiger partial charge in [0.25, 0.3) is 0 Å². The molecule has 0 saturated carbocycles. The Morgan fingerprint density at radius 3 is 2.42 bits per heavy atom. The van der Waals surface area contributed by atoms with E-state index >= 15 is 0 Å². The fourth-order valence-corrected chi connectivity index (χ4v) is 4.09. The van der Waals surface area contributed by atoms with E-state index < -0.39 is 0 Å². The van der Waals surface area contributed by atoms with Gasteiger partial charge in [0.1, 0.15) is 5.01 Å². The van der Waals surface area contributed by atoms with Crippen LogP contribution in [0.2, 0.25) is 0 Å². The van der Waals surface area contributed by atoms with Gasteiger partial charge in [-0.25, -0.2) is 0 Å². The van der Waals surface area contributed by atoms with Crippen LogP contribution in [0.4, 0.5) is 5.13 Å². The second-order valence-electron chi connectivity index (χ2n) is 7.80. The molecule has 24 heavy (non-hydrogen) atoms. The number of carbonyl (C=O) groups is 1. The summed E-state index contributed by atoms with van der Waals surface area (Å²) in [5.41, 5.74) is 0.0395. The van der Waals surface area contributed by atoms with Gasteiger partial charge in [-0.3, -0.25) is 4.79 Å². The molecule has 1 aromatic heterocycles. The lowest BCUT2D eigenvalue weighted by molar-refractivity contribution is -0.126. The van der Waals surface area contributed by atoms with Gasteiger partial charge in [0.2, 0.25) is 11.0 Å². The van der Waals surface area contributed by atoms with Crippen molar-refractivity contribution in [3.05, 3.63) is 5.01 Å². The molecule has 0 bridgehead atoms. The van der Waals surface area contributed by atoms with Crippen molar-refractivity contribution >= 4 is 22.4 Å². The van der Waals surface area contributed by atoms with E-state index in [1.165, 1.54) is 0 Å². The lowest BCUT2D eigenvalue weighted by Crippen LogP contribution is -2.45. The summed E-state index contributed by atoms with van der Waals surface area (Å²) >= 11 is 1.67. The van der Waals surface area contributed by atoms with E-state index in [1.54, 1.807) is 11.3 Å². The van der Waals surface area contributed by atoms with Crippen LogP contribution in [-0.4, -0.2) is 48.4 Å². The largest absolute Gasteiger partial charge is 0.381 e. The molecule has 0 atom stereocenters. The highest BCUT2D eigenvalue weighted by Crippen LogP contribution is 2.31. The molecule has 6 nitrogen and oxygen atoms in total. The van der Waals surface area contributed by atoms with Crippen LogP contribution >= 0.6 is 11.3 Å². The second-order valence-corrected chi connectivity index (χ2v) is 8.75. The topological polar surface area (TPSA) is 67.4 Å². The van der Waals surface area contributed by atoms with Gasteiger partial charge < -0.3 is 15.0 Å². The zero-order valence-electron chi connectivity index (χ0n) is 14.9. The van der Waals surface area contributed by atoms with Crippen LogP contribution in [-0.2, 0) is 14.9 Å². The van der Waals surface area contributed by atoms with Gasteiger partial charge in [0.15, 0.2) is 0 Å². The summed E-state index contributed by atoms with van der Waals surface area (Å²) in [6.45, 7) is 9.75. The number of ether oxygens (including phenoxy) is 1. The monoisotopic (exact) mass is 352 g/mol. The maximum absolute atomic E-state index is 12.4. The maximum atomic E-state index is 12.4. The highest BCUT2D eigenvalue weighted by molar-refractivity contribution is 7.15. The predicted molar refractivity (Wildman–Crippen MR) is 95.5 cm³/mol. The molecule has 2 fully saturated rings. The van der Waals surface area contributed by atoms with Gasteiger partial charge in [-0.15, -0.1) is 10.2 Å². The third-order valence-corrected chi connectivity index (χ3v) is 6.17. The van der Waals surface area contributed by atoms with Crippen molar-refractivity contribution in [2.24, 2.45) is 5.92 Å². The summed E-state index contributed by atoms with van der Waals surface area (Å²) in [4.78, 5) is 14.7. The van der Waals surface area contributed by atoms with E-state index in [0.29, 0.717) is 6.04 Å². The third-order valence-electron chi connectivity index (χ3n) is 4.76. The summed E-state index contributed by atoms with van der Waals surface area (Å²) in [6, 6.07) is 0.293. The minimum Gasteiger partial charge on any atom is -0.381 e. The van der Waals surface area contributed by atoms with E-state index in [2.05, 4.69) is 41.2 Å². The average Bonchev–Trinajstić information content (AvgIpc) is 3.06. The Hall–Kier alpha value is -1.21. The van der Waals surface area contributed by atoms with Gasteiger partial charge in [-0.2, -0.15) is 0 Å². The van der Waals surface area contributed by atoms with Crippen LogP contribution < -0.4 is 10.2 Å². The lowest BCUT2D eigenvalue weighted by Gasteiger charge is -2.32. The Morgan fingerprint density at radius 2 is 1.83 bits per heavy atom. The smallest absolute Gasteiger partial charge is 0.223 e. The van der Waals surface area contributed by atoms with Gasteiger partial charge in [0.05, 0.1) is 0 Å². The summed E-state index contributed by atoms with van der Waals surface area (Å²) < 4.78 is 5.35. The molecule has 1 N–H and O–H groups in total. The Kier molecular flexibility index (Phi) is 5.39. The first-order chi connectivity index (χ1) is 11.4. The van der Waals surface area contributed by atoms with Crippen LogP contribution in [0.3, 0.4) is 0 Å². The molecule has 134 valence electrons. The Morgan fingerprint density at radius 1 is 1.17 bits per heavy atom. The standard InChI is InChI=1S/C17H28N4O2S/c1-17(2,3)15-19-20-16(24-15)21-8-4-12(5-9-21)14(22)18-13-6-10-23-11-7-13/h12-13H,4-11H2,1-3H3,(H,18,22). The van der Waals surface area contributed by atoms with Crippen LogP contribution in [0.5, 0.6) is 0 Å². The Balaban J connectivity index is 1.50. The molecule has 3 rings (SSSR count). The van der Waals surface area contributed by atoms with Crippen molar-refractivity contribution in [1.29, 1.82) is 0 Å². The lowest BCUT2D eigenvalue weighted by atomic mass is 9.95. The second kappa shape index (κ2) is 7.35. The summed E-state index contributed by atoms with van der Waals surface area (Å²) in [5, 5.41) is 13.9. The molecule has 2 saturated heterocycles. The maximum Gasteiger partial charge on any atom is 0.223 e. The molecule has 2 aliphatic rings. The predicted octanol–water partition coefficient (Wildman–Crippen LogP) is 2.35. The minimum absolute atomic E-state index is 0.0395. The number of piperidine rings is 1. The number of aromatic nitrogens is 2. The van der Waals surface area contributed by atoms with Crippen molar-refractivity contribution in [2.45, 2.75) is 57.9 Å². The van der Waals surface area contributed by atoms with Crippen LogP contribution in [0.1, 0.15) is 51.5 Å². The van der Waals surface area contributed by atoms with Crippen molar-refractivity contribution in [1.82, 2.24) is 15.5 Å². The van der Waals surface area contributed by atoms with E-state index in [1.807, 2.05) is 0 Å². The minimum atomic E-state index is 0.0395. The Labute approximate surface area is 148 Å². The summed E-state index contributed by atoms with van der Waals surface area (Å²) in [6.07, 6.45) is 3.65. The fraction of sp³-hybridized carbons (Fsp3) is 0.824. The van der Waals surface area contributed by atoms with Crippen molar-refractivity contribution < 1.29 is 9.53 Å². The fourth-order valence-electron chi connectivity index (χ4n) is 3.14.